The Morgan fingerprint density at radius 3 is 2.52 bits per heavy atom. The quantitative estimate of drug-likeness (QED) is 0.305. The summed E-state index contributed by atoms with van der Waals surface area (Å²) in [4.78, 5) is 43.5. The number of carbonyl (C=O) groups excluding carboxylic acids is 1. The molecule has 1 atom stereocenters. The van der Waals surface area contributed by atoms with Gasteiger partial charge < -0.3 is 23.7 Å². The predicted octanol–water partition coefficient (Wildman–Crippen LogP) is 4.08. The number of hydrogen-bond acceptors (Lipinski definition) is 9. The number of ether oxygens (including phenoxy) is 3. The molecule has 1 aliphatic rings. The summed E-state index contributed by atoms with van der Waals surface area (Å²) in [6.45, 7) is 5.45. The highest BCUT2D eigenvalue weighted by molar-refractivity contribution is 7.07. The van der Waals surface area contributed by atoms with Crippen LogP contribution in [0.15, 0.2) is 74.0 Å². The van der Waals surface area contributed by atoms with E-state index in [1.807, 2.05) is 6.92 Å². The van der Waals surface area contributed by atoms with Gasteiger partial charge in [-0.3, -0.25) is 9.36 Å². The van der Waals surface area contributed by atoms with Crippen molar-refractivity contribution in [2.45, 2.75) is 26.8 Å². The van der Waals surface area contributed by atoms with Crippen LogP contribution < -0.4 is 24.4 Å². The number of carboxylic acids is 1. The molecule has 0 fully saturated rings. The summed E-state index contributed by atoms with van der Waals surface area (Å²) in [6, 6.07) is 12.6. The second-order valence-electron chi connectivity index (χ2n) is 9.45. The van der Waals surface area contributed by atoms with Crippen LogP contribution in [-0.4, -0.2) is 42.4 Å². The lowest BCUT2D eigenvalue weighted by molar-refractivity contribution is -0.139. The van der Waals surface area contributed by atoms with Crippen LogP contribution in [0.3, 0.4) is 0 Å². The van der Waals surface area contributed by atoms with E-state index in [-0.39, 0.29) is 23.3 Å². The topological polar surface area (TPSA) is 130 Å². The number of carbonyl (C=O) groups is 2. The summed E-state index contributed by atoms with van der Waals surface area (Å²) >= 11 is 1.17. The first-order chi connectivity index (χ1) is 20.2. The van der Waals surface area contributed by atoms with E-state index in [1.54, 1.807) is 62.4 Å². The number of carboxylic acid groups (broad SMARTS) is 1. The SMILES string of the molecule is CCOC(=O)C1=C(C)N=c2s/c(=C\c3ccc(-c4cc(C(=O)O)ccc4C)o3)c(=O)n2[C@@H]1c1ccc(OC)c(OC)c1. The van der Waals surface area contributed by atoms with E-state index < -0.39 is 18.0 Å². The van der Waals surface area contributed by atoms with Crippen LogP contribution in [0, 0.1) is 6.92 Å². The van der Waals surface area contributed by atoms with Gasteiger partial charge in [-0.05, 0) is 68.3 Å². The first kappa shape index (κ1) is 28.6. The van der Waals surface area contributed by atoms with Gasteiger partial charge in [-0.25, -0.2) is 14.6 Å². The maximum Gasteiger partial charge on any atom is 0.338 e. The summed E-state index contributed by atoms with van der Waals surface area (Å²) in [5, 5.41) is 9.39. The molecule has 4 aromatic rings. The number of rotatable bonds is 8. The first-order valence-electron chi connectivity index (χ1n) is 13.0. The van der Waals surface area contributed by atoms with Crippen molar-refractivity contribution in [3.05, 3.63) is 102 Å². The molecule has 0 bridgehead atoms. The van der Waals surface area contributed by atoms with E-state index in [9.17, 15) is 19.5 Å². The van der Waals surface area contributed by atoms with Crippen molar-refractivity contribution in [3.8, 4) is 22.8 Å². The standard InChI is InChI=1S/C31H28N2O8S/c1-6-40-30(37)26-17(3)32-31-33(27(26)18-9-11-23(38-4)24(14-18)39-5)28(34)25(42-31)15-20-10-12-22(41-20)21-13-19(29(35)36)8-7-16(21)2/h7-15,27H,6H2,1-5H3,(H,35,36)/b25-15-/t27-/m1/s1. The number of fused-ring (bicyclic) bond motifs is 1. The fraction of sp³-hybridized carbons (Fsp3) is 0.226. The zero-order chi connectivity index (χ0) is 30.1. The van der Waals surface area contributed by atoms with E-state index in [4.69, 9.17) is 18.6 Å². The van der Waals surface area contributed by atoms with Crippen molar-refractivity contribution in [2.24, 2.45) is 4.99 Å². The molecule has 0 radical (unpaired) electrons. The van der Waals surface area contributed by atoms with Gasteiger partial charge >= 0.3 is 11.9 Å². The molecule has 10 nitrogen and oxygen atoms in total. The van der Waals surface area contributed by atoms with Gasteiger partial charge in [0.2, 0.25) is 0 Å². The zero-order valence-corrected chi connectivity index (χ0v) is 24.4. The van der Waals surface area contributed by atoms with Crippen molar-refractivity contribution in [1.29, 1.82) is 0 Å². The summed E-state index contributed by atoms with van der Waals surface area (Å²) in [5.41, 5.74) is 2.56. The maximum absolute atomic E-state index is 13.9. The van der Waals surface area contributed by atoms with Gasteiger partial charge in [-0.15, -0.1) is 0 Å². The lowest BCUT2D eigenvalue weighted by Gasteiger charge is -2.25. The Morgan fingerprint density at radius 1 is 1.07 bits per heavy atom. The molecule has 5 rings (SSSR count). The molecule has 1 N–H and O–H groups in total. The number of esters is 1. The number of nitrogens with zero attached hydrogens (tertiary/aromatic N) is 2. The minimum absolute atomic E-state index is 0.143. The average Bonchev–Trinajstić information content (AvgIpc) is 3.56. The van der Waals surface area contributed by atoms with E-state index >= 15 is 0 Å². The molecule has 0 amide bonds. The lowest BCUT2D eigenvalue weighted by atomic mass is 9.95. The lowest BCUT2D eigenvalue weighted by Crippen LogP contribution is -2.39. The van der Waals surface area contributed by atoms with Gasteiger partial charge in [0.15, 0.2) is 16.3 Å². The maximum atomic E-state index is 13.9. The largest absolute Gasteiger partial charge is 0.493 e. The number of benzene rings is 2. The Bertz CT molecular complexity index is 1930. The monoisotopic (exact) mass is 588 g/mol. The van der Waals surface area contributed by atoms with Crippen molar-refractivity contribution >= 4 is 29.4 Å². The number of allylic oxidation sites excluding steroid dienone is 1. The number of furan rings is 1. The van der Waals surface area contributed by atoms with Crippen LogP contribution in [0.2, 0.25) is 0 Å². The van der Waals surface area contributed by atoms with Gasteiger partial charge in [-0.2, -0.15) is 0 Å². The molecule has 3 heterocycles. The third-order valence-electron chi connectivity index (χ3n) is 6.89. The van der Waals surface area contributed by atoms with Gasteiger partial charge in [0.1, 0.15) is 11.5 Å². The molecule has 2 aromatic carbocycles. The van der Waals surface area contributed by atoms with Gasteiger partial charge in [0, 0.05) is 11.6 Å². The van der Waals surface area contributed by atoms with Crippen LogP contribution >= 0.6 is 11.3 Å². The summed E-state index contributed by atoms with van der Waals surface area (Å²) < 4.78 is 24.1. The number of aromatic nitrogens is 1. The highest BCUT2D eigenvalue weighted by atomic mass is 32.1. The van der Waals surface area contributed by atoms with E-state index in [1.165, 1.54) is 36.2 Å². The number of aromatic carboxylic acids is 1. The Balaban J connectivity index is 1.65. The minimum atomic E-state index is -1.04. The Kier molecular flexibility index (Phi) is 7.86. The Labute approximate surface area is 244 Å². The first-order valence-corrected chi connectivity index (χ1v) is 13.8. The van der Waals surface area contributed by atoms with Crippen molar-refractivity contribution in [3.63, 3.8) is 0 Å². The molecule has 0 saturated carbocycles. The molecule has 42 heavy (non-hydrogen) atoms. The third-order valence-corrected chi connectivity index (χ3v) is 7.87. The molecular weight excluding hydrogens is 560 g/mol. The zero-order valence-electron chi connectivity index (χ0n) is 23.6. The fourth-order valence-electron chi connectivity index (χ4n) is 4.85. The number of hydrogen-bond donors (Lipinski definition) is 1. The fourth-order valence-corrected chi connectivity index (χ4v) is 5.88. The van der Waals surface area contributed by atoms with Crippen LogP contribution in [0.4, 0.5) is 0 Å². The number of thiazole rings is 1. The molecule has 0 unspecified atom stereocenters. The average molecular weight is 589 g/mol. The summed E-state index contributed by atoms with van der Waals surface area (Å²) in [5.74, 6) is 0.218. The molecule has 0 saturated heterocycles. The molecular formula is C31H28N2O8S. The summed E-state index contributed by atoms with van der Waals surface area (Å²) in [6.07, 6.45) is 1.61. The molecule has 0 aliphatic carbocycles. The highest BCUT2D eigenvalue weighted by Crippen LogP contribution is 2.36. The van der Waals surface area contributed by atoms with E-state index in [2.05, 4.69) is 4.99 Å². The van der Waals surface area contributed by atoms with Crippen LogP contribution in [-0.2, 0) is 9.53 Å². The molecule has 11 heteroatoms. The highest BCUT2D eigenvalue weighted by Gasteiger charge is 2.34. The molecule has 216 valence electrons. The molecule has 2 aromatic heterocycles. The molecule has 1 aliphatic heterocycles. The van der Waals surface area contributed by atoms with Crippen LogP contribution in [0.5, 0.6) is 11.5 Å². The smallest absolute Gasteiger partial charge is 0.338 e. The van der Waals surface area contributed by atoms with Crippen LogP contribution in [0.25, 0.3) is 17.4 Å². The van der Waals surface area contributed by atoms with Crippen LogP contribution in [0.1, 0.15) is 47.1 Å². The van der Waals surface area contributed by atoms with Crippen molar-refractivity contribution in [1.82, 2.24) is 4.57 Å². The molecule has 0 spiro atoms. The normalized spacial score (nSPS) is 14.8. The third kappa shape index (κ3) is 5.14. The van der Waals surface area contributed by atoms with E-state index in [0.29, 0.717) is 49.2 Å². The minimum Gasteiger partial charge on any atom is -0.493 e. The summed E-state index contributed by atoms with van der Waals surface area (Å²) in [7, 11) is 3.04. The second kappa shape index (κ2) is 11.5. The number of methoxy groups -OCH3 is 2. The predicted molar refractivity (Wildman–Crippen MR) is 156 cm³/mol. The van der Waals surface area contributed by atoms with Gasteiger partial charge in [0.25, 0.3) is 5.56 Å². The van der Waals surface area contributed by atoms with E-state index in [0.717, 1.165) is 5.56 Å². The Morgan fingerprint density at radius 2 is 1.83 bits per heavy atom. The van der Waals surface area contributed by atoms with Crippen molar-refractivity contribution in [2.75, 3.05) is 20.8 Å². The second-order valence-corrected chi connectivity index (χ2v) is 10.5. The number of aryl methyl sites for hydroxylation is 1. The van der Waals surface area contributed by atoms with Gasteiger partial charge in [0.05, 0.1) is 48.2 Å². The van der Waals surface area contributed by atoms with Crippen molar-refractivity contribution < 1.29 is 33.3 Å². The Hall–Kier alpha value is -4.90. The van der Waals surface area contributed by atoms with Gasteiger partial charge in [-0.1, -0.05) is 23.5 Å².